The van der Waals surface area contributed by atoms with Crippen LogP contribution in [0.4, 0.5) is 0 Å². The van der Waals surface area contributed by atoms with Crippen LogP contribution in [0.3, 0.4) is 0 Å². The quantitative estimate of drug-likeness (QED) is 0.849. The van der Waals surface area contributed by atoms with Crippen molar-refractivity contribution in [2.45, 2.75) is 26.3 Å². The van der Waals surface area contributed by atoms with E-state index in [0.29, 0.717) is 19.6 Å². The van der Waals surface area contributed by atoms with Crippen molar-refractivity contribution in [3.63, 3.8) is 0 Å². The molecule has 104 valence electrons. The maximum Gasteiger partial charge on any atom is 0.225 e. The van der Waals surface area contributed by atoms with E-state index in [1.165, 1.54) is 4.88 Å². The average Bonchev–Trinajstić information content (AvgIpc) is 2.90. The lowest BCUT2D eigenvalue weighted by Crippen LogP contribution is -2.42. The van der Waals surface area contributed by atoms with Crippen LogP contribution in [0.25, 0.3) is 0 Å². The second-order valence-corrected chi connectivity index (χ2v) is 6.09. The highest BCUT2D eigenvalue weighted by molar-refractivity contribution is 7.09. The SMILES string of the molecule is CC(=O)N1CCC(C(=O)N(C)Cc2cccs2)CC1. The number of hydrogen-bond donors (Lipinski definition) is 0. The van der Waals surface area contributed by atoms with E-state index in [1.54, 1.807) is 23.2 Å². The van der Waals surface area contributed by atoms with Gasteiger partial charge in [-0.05, 0) is 24.3 Å². The van der Waals surface area contributed by atoms with E-state index in [1.807, 2.05) is 29.5 Å². The third kappa shape index (κ3) is 3.56. The van der Waals surface area contributed by atoms with Crippen LogP contribution < -0.4 is 0 Å². The Morgan fingerprint density at radius 1 is 1.42 bits per heavy atom. The summed E-state index contributed by atoms with van der Waals surface area (Å²) in [7, 11) is 1.86. The first-order valence-corrected chi connectivity index (χ1v) is 7.48. The molecular weight excluding hydrogens is 260 g/mol. The van der Waals surface area contributed by atoms with Gasteiger partial charge in [0.1, 0.15) is 0 Å². The number of thiophene rings is 1. The molecule has 0 aromatic carbocycles. The summed E-state index contributed by atoms with van der Waals surface area (Å²) in [5.41, 5.74) is 0. The molecule has 1 aromatic rings. The van der Waals surface area contributed by atoms with Crippen LogP contribution in [0, 0.1) is 5.92 Å². The zero-order chi connectivity index (χ0) is 13.8. The number of amides is 2. The molecule has 19 heavy (non-hydrogen) atoms. The molecule has 0 bridgehead atoms. The topological polar surface area (TPSA) is 40.6 Å². The molecule has 4 nitrogen and oxygen atoms in total. The standard InChI is InChI=1S/C14H20N2O2S/c1-11(17)16-7-5-12(6-8-16)14(18)15(2)10-13-4-3-9-19-13/h3-4,9,12H,5-8,10H2,1-2H3. The van der Waals surface area contributed by atoms with Gasteiger partial charge in [-0.2, -0.15) is 0 Å². The smallest absolute Gasteiger partial charge is 0.225 e. The van der Waals surface area contributed by atoms with Crippen LogP contribution in [0.5, 0.6) is 0 Å². The molecular formula is C14H20N2O2S. The van der Waals surface area contributed by atoms with Crippen molar-refractivity contribution < 1.29 is 9.59 Å². The Labute approximate surface area is 118 Å². The molecule has 0 saturated carbocycles. The Balaban J connectivity index is 1.85. The maximum absolute atomic E-state index is 12.3. The predicted molar refractivity (Wildman–Crippen MR) is 75.8 cm³/mol. The van der Waals surface area contributed by atoms with Gasteiger partial charge in [-0.15, -0.1) is 11.3 Å². The van der Waals surface area contributed by atoms with Gasteiger partial charge in [0.05, 0.1) is 6.54 Å². The van der Waals surface area contributed by atoms with Gasteiger partial charge in [0.2, 0.25) is 11.8 Å². The van der Waals surface area contributed by atoms with Crippen LogP contribution in [0.1, 0.15) is 24.6 Å². The number of likely N-dealkylation sites (tertiary alicyclic amines) is 1. The van der Waals surface area contributed by atoms with E-state index in [2.05, 4.69) is 0 Å². The highest BCUT2D eigenvalue weighted by Gasteiger charge is 2.27. The van der Waals surface area contributed by atoms with Gasteiger partial charge in [0.15, 0.2) is 0 Å². The molecule has 2 heterocycles. The highest BCUT2D eigenvalue weighted by Crippen LogP contribution is 2.21. The Kier molecular flexibility index (Phi) is 4.58. The Morgan fingerprint density at radius 3 is 2.63 bits per heavy atom. The lowest BCUT2D eigenvalue weighted by molar-refractivity contribution is -0.139. The summed E-state index contributed by atoms with van der Waals surface area (Å²) < 4.78 is 0. The number of carbonyl (C=O) groups is 2. The zero-order valence-corrected chi connectivity index (χ0v) is 12.3. The molecule has 1 aliphatic heterocycles. The summed E-state index contributed by atoms with van der Waals surface area (Å²) in [6.45, 7) is 3.69. The van der Waals surface area contributed by atoms with Crippen LogP contribution in [-0.4, -0.2) is 41.8 Å². The molecule has 2 amide bonds. The third-order valence-electron chi connectivity index (χ3n) is 3.64. The number of rotatable bonds is 3. The summed E-state index contributed by atoms with van der Waals surface area (Å²) in [5, 5.41) is 2.03. The van der Waals surface area contributed by atoms with Crippen molar-refractivity contribution >= 4 is 23.2 Å². The van der Waals surface area contributed by atoms with Gasteiger partial charge in [0, 0.05) is 37.9 Å². The summed E-state index contributed by atoms with van der Waals surface area (Å²) in [5.74, 6) is 0.384. The van der Waals surface area contributed by atoms with Crippen molar-refractivity contribution in [3.8, 4) is 0 Å². The molecule has 1 saturated heterocycles. The lowest BCUT2D eigenvalue weighted by atomic mass is 9.95. The fraction of sp³-hybridized carbons (Fsp3) is 0.571. The lowest BCUT2D eigenvalue weighted by Gasteiger charge is -2.32. The molecule has 1 fully saturated rings. The molecule has 1 aliphatic rings. The molecule has 2 rings (SSSR count). The Bertz CT molecular complexity index is 436. The molecule has 1 aromatic heterocycles. The highest BCUT2D eigenvalue weighted by atomic mass is 32.1. The van der Waals surface area contributed by atoms with Crippen molar-refractivity contribution in [3.05, 3.63) is 22.4 Å². The number of piperidine rings is 1. The first kappa shape index (κ1) is 14.1. The first-order chi connectivity index (χ1) is 9.08. The summed E-state index contributed by atoms with van der Waals surface area (Å²) >= 11 is 1.67. The fourth-order valence-corrected chi connectivity index (χ4v) is 3.22. The van der Waals surface area contributed by atoms with Crippen LogP contribution in [-0.2, 0) is 16.1 Å². The fourth-order valence-electron chi connectivity index (χ4n) is 2.47. The predicted octanol–water partition coefficient (Wildman–Crippen LogP) is 1.96. The molecule has 5 heteroatoms. The van der Waals surface area contributed by atoms with E-state index in [0.717, 1.165) is 12.8 Å². The zero-order valence-electron chi connectivity index (χ0n) is 11.5. The van der Waals surface area contributed by atoms with Crippen LogP contribution in [0.2, 0.25) is 0 Å². The molecule has 0 unspecified atom stereocenters. The van der Waals surface area contributed by atoms with E-state index in [-0.39, 0.29) is 17.7 Å². The first-order valence-electron chi connectivity index (χ1n) is 6.61. The molecule has 0 spiro atoms. The minimum Gasteiger partial charge on any atom is -0.343 e. The van der Waals surface area contributed by atoms with Gasteiger partial charge in [-0.3, -0.25) is 9.59 Å². The van der Waals surface area contributed by atoms with E-state index < -0.39 is 0 Å². The number of carbonyl (C=O) groups excluding carboxylic acids is 2. The van der Waals surface area contributed by atoms with Crippen molar-refractivity contribution in [1.82, 2.24) is 9.80 Å². The second kappa shape index (κ2) is 6.19. The van der Waals surface area contributed by atoms with Crippen molar-refractivity contribution in [2.75, 3.05) is 20.1 Å². The molecule has 0 N–H and O–H groups in total. The van der Waals surface area contributed by atoms with E-state index >= 15 is 0 Å². The van der Waals surface area contributed by atoms with Crippen molar-refractivity contribution in [2.24, 2.45) is 5.92 Å². The van der Waals surface area contributed by atoms with Gasteiger partial charge in [-0.1, -0.05) is 6.07 Å². The molecule has 0 radical (unpaired) electrons. The number of hydrogen-bond acceptors (Lipinski definition) is 3. The van der Waals surface area contributed by atoms with Gasteiger partial charge >= 0.3 is 0 Å². The minimum absolute atomic E-state index is 0.0700. The van der Waals surface area contributed by atoms with Gasteiger partial charge in [-0.25, -0.2) is 0 Å². The van der Waals surface area contributed by atoms with E-state index in [9.17, 15) is 9.59 Å². The average molecular weight is 280 g/mol. The van der Waals surface area contributed by atoms with Gasteiger partial charge in [0.25, 0.3) is 0 Å². The third-order valence-corrected chi connectivity index (χ3v) is 4.50. The van der Waals surface area contributed by atoms with E-state index in [4.69, 9.17) is 0 Å². The van der Waals surface area contributed by atoms with Crippen molar-refractivity contribution in [1.29, 1.82) is 0 Å². The monoisotopic (exact) mass is 280 g/mol. The summed E-state index contributed by atoms with van der Waals surface area (Å²) in [6, 6.07) is 4.05. The largest absolute Gasteiger partial charge is 0.343 e. The Morgan fingerprint density at radius 2 is 2.11 bits per heavy atom. The van der Waals surface area contributed by atoms with Crippen LogP contribution >= 0.6 is 11.3 Å². The number of nitrogens with zero attached hydrogens (tertiary/aromatic N) is 2. The molecule has 0 atom stereocenters. The summed E-state index contributed by atoms with van der Waals surface area (Å²) in [4.78, 5) is 28.4. The normalized spacial score (nSPS) is 16.4. The van der Waals surface area contributed by atoms with Crippen LogP contribution in [0.15, 0.2) is 17.5 Å². The second-order valence-electron chi connectivity index (χ2n) is 5.05. The summed E-state index contributed by atoms with van der Waals surface area (Å²) in [6.07, 6.45) is 1.57. The Hall–Kier alpha value is -1.36. The minimum atomic E-state index is 0.0700. The maximum atomic E-state index is 12.3. The van der Waals surface area contributed by atoms with Gasteiger partial charge < -0.3 is 9.80 Å². The molecule has 0 aliphatic carbocycles.